The summed E-state index contributed by atoms with van der Waals surface area (Å²) in [6.45, 7) is 3.56. The first-order valence-corrected chi connectivity index (χ1v) is 3.41. The first-order valence-electron chi connectivity index (χ1n) is 2.53. The summed E-state index contributed by atoms with van der Waals surface area (Å²) in [5.41, 5.74) is 0.731. The van der Waals surface area contributed by atoms with Crippen LogP contribution in [0, 0.1) is 0 Å². The van der Waals surface area contributed by atoms with E-state index in [1.54, 1.807) is 12.1 Å². The van der Waals surface area contributed by atoms with E-state index in [2.05, 4.69) is 6.58 Å². The SMILES string of the molecule is C=Cc1sccc1C=O. The minimum absolute atomic E-state index is 0.731. The molecule has 0 spiro atoms. The summed E-state index contributed by atoms with van der Waals surface area (Å²) < 4.78 is 0. The highest BCUT2D eigenvalue weighted by Gasteiger charge is 1.95. The van der Waals surface area contributed by atoms with Crippen LogP contribution in [0.3, 0.4) is 0 Å². The summed E-state index contributed by atoms with van der Waals surface area (Å²) in [5.74, 6) is 0. The van der Waals surface area contributed by atoms with Gasteiger partial charge in [0.1, 0.15) is 0 Å². The fourth-order valence-corrected chi connectivity index (χ4v) is 1.30. The van der Waals surface area contributed by atoms with Gasteiger partial charge in [-0.3, -0.25) is 4.79 Å². The first-order chi connectivity index (χ1) is 4.38. The van der Waals surface area contributed by atoms with Crippen molar-refractivity contribution in [3.63, 3.8) is 0 Å². The summed E-state index contributed by atoms with van der Waals surface area (Å²) in [7, 11) is 0. The molecule has 0 saturated heterocycles. The van der Waals surface area contributed by atoms with Crippen LogP contribution >= 0.6 is 11.3 Å². The Labute approximate surface area is 57.6 Å². The Kier molecular flexibility index (Phi) is 1.80. The molecule has 0 N–H and O–H groups in total. The minimum atomic E-state index is 0.731. The molecule has 1 heterocycles. The van der Waals surface area contributed by atoms with E-state index in [4.69, 9.17) is 0 Å². The number of carbonyl (C=O) groups excluding carboxylic acids is 1. The molecule has 0 aliphatic heterocycles. The fourth-order valence-electron chi connectivity index (χ4n) is 0.594. The third kappa shape index (κ3) is 1.08. The van der Waals surface area contributed by atoms with Gasteiger partial charge in [0.15, 0.2) is 6.29 Å². The molecule has 0 radical (unpaired) electrons. The molecule has 0 unspecified atom stereocenters. The van der Waals surface area contributed by atoms with E-state index in [1.165, 1.54) is 11.3 Å². The van der Waals surface area contributed by atoms with Crippen LogP contribution in [-0.4, -0.2) is 6.29 Å². The van der Waals surface area contributed by atoms with E-state index in [-0.39, 0.29) is 0 Å². The number of thiophene rings is 1. The zero-order chi connectivity index (χ0) is 6.69. The highest BCUT2D eigenvalue weighted by molar-refractivity contribution is 7.11. The fraction of sp³-hybridized carbons (Fsp3) is 0. The molecule has 9 heavy (non-hydrogen) atoms. The van der Waals surface area contributed by atoms with Gasteiger partial charge in [-0.15, -0.1) is 11.3 Å². The molecule has 1 rings (SSSR count). The van der Waals surface area contributed by atoms with E-state index >= 15 is 0 Å². The summed E-state index contributed by atoms with van der Waals surface area (Å²) in [6.07, 6.45) is 2.53. The second-order valence-corrected chi connectivity index (χ2v) is 2.51. The van der Waals surface area contributed by atoms with Gasteiger partial charge in [0.25, 0.3) is 0 Å². The Hall–Kier alpha value is -0.890. The van der Waals surface area contributed by atoms with Crippen molar-refractivity contribution in [2.24, 2.45) is 0 Å². The van der Waals surface area contributed by atoms with Crippen LogP contribution in [0.1, 0.15) is 15.2 Å². The van der Waals surface area contributed by atoms with E-state index in [0.717, 1.165) is 16.7 Å². The Bertz CT molecular complexity index is 202. The second-order valence-electron chi connectivity index (χ2n) is 1.56. The van der Waals surface area contributed by atoms with Gasteiger partial charge in [0.05, 0.1) is 0 Å². The largest absolute Gasteiger partial charge is 0.298 e. The van der Waals surface area contributed by atoms with Gasteiger partial charge in [-0.1, -0.05) is 12.7 Å². The molecular formula is C7H6OS. The van der Waals surface area contributed by atoms with Crippen LogP contribution in [0.25, 0.3) is 6.08 Å². The highest BCUT2D eigenvalue weighted by Crippen LogP contribution is 2.15. The van der Waals surface area contributed by atoms with Gasteiger partial charge in [-0.05, 0) is 11.4 Å². The van der Waals surface area contributed by atoms with Crippen molar-refractivity contribution in [2.75, 3.05) is 0 Å². The van der Waals surface area contributed by atoms with Crippen LogP contribution in [-0.2, 0) is 0 Å². The highest BCUT2D eigenvalue weighted by atomic mass is 32.1. The molecule has 1 aromatic rings. The van der Waals surface area contributed by atoms with Gasteiger partial charge in [0.2, 0.25) is 0 Å². The summed E-state index contributed by atoms with van der Waals surface area (Å²) >= 11 is 1.52. The monoisotopic (exact) mass is 138 g/mol. The third-order valence-corrected chi connectivity index (χ3v) is 1.97. The predicted octanol–water partition coefficient (Wildman–Crippen LogP) is 2.20. The summed E-state index contributed by atoms with van der Waals surface area (Å²) in [6, 6.07) is 1.79. The number of rotatable bonds is 2. The quantitative estimate of drug-likeness (QED) is 0.572. The van der Waals surface area contributed by atoms with Gasteiger partial charge >= 0.3 is 0 Å². The van der Waals surface area contributed by atoms with Crippen LogP contribution in [0.2, 0.25) is 0 Å². The summed E-state index contributed by atoms with van der Waals surface area (Å²) in [4.78, 5) is 11.2. The van der Waals surface area contributed by atoms with Crippen molar-refractivity contribution < 1.29 is 4.79 Å². The maximum Gasteiger partial charge on any atom is 0.151 e. The molecule has 0 aliphatic rings. The lowest BCUT2D eigenvalue weighted by atomic mass is 10.3. The molecule has 1 nitrogen and oxygen atoms in total. The van der Waals surface area contributed by atoms with Crippen molar-refractivity contribution in [1.82, 2.24) is 0 Å². The molecule has 0 aromatic carbocycles. The Morgan fingerprint density at radius 1 is 1.67 bits per heavy atom. The number of aldehydes is 1. The number of hydrogen-bond acceptors (Lipinski definition) is 2. The predicted molar refractivity (Wildman–Crippen MR) is 39.8 cm³/mol. The van der Waals surface area contributed by atoms with E-state index in [0.29, 0.717) is 0 Å². The Morgan fingerprint density at radius 2 is 2.44 bits per heavy atom. The number of carbonyl (C=O) groups is 1. The summed E-state index contributed by atoms with van der Waals surface area (Å²) in [5, 5.41) is 1.88. The van der Waals surface area contributed by atoms with Gasteiger partial charge < -0.3 is 0 Å². The maximum absolute atomic E-state index is 10.2. The van der Waals surface area contributed by atoms with Crippen molar-refractivity contribution in [1.29, 1.82) is 0 Å². The zero-order valence-corrected chi connectivity index (χ0v) is 5.65. The molecule has 2 heteroatoms. The van der Waals surface area contributed by atoms with Crippen molar-refractivity contribution >= 4 is 23.7 Å². The van der Waals surface area contributed by atoms with Crippen LogP contribution in [0.15, 0.2) is 18.0 Å². The van der Waals surface area contributed by atoms with Gasteiger partial charge in [-0.25, -0.2) is 0 Å². The van der Waals surface area contributed by atoms with E-state index < -0.39 is 0 Å². The third-order valence-electron chi connectivity index (χ3n) is 1.04. The van der Waals surface area contributed by atoms with Crippen molar-refractivity contribution in [3.8, 4) is 0 Å². The molecular weight excluding hydrogens is 132 g/mol. The van der Waals surface area contributed by atoms with Crippen LogP contribution in [0.4, 0.5) is 0 Å². The topological polar surface area (TPSA) is 17.1 Å². The van der Waals surface area contributed by atoms with Gasteiger partial charge in [0, 0.05) is 10.4 Å². The first kappa shape index (κ1) is 6.23. The lowest BCUT2D eigenvalue weighted by Crippen LogP contribution is -1.73. The molecule has 0 fully saturated rings. The van der Waals surface area contributed by atoms with E-state index in [9.17, 15) is 4.79 Å². The second kappa shape index (κ2) is 2.60. The van der Waals surface area contributed by atoms with Crippen LogP contribution in [0.5, 0.6) is 0 Å². The normalized spacial score (nSPS) is 8.89. The number of hydrogen-bond donors (Lipinski definition) is 0. The lowest BCUT2D eigenvalue weighted by molar-refractivity contribution is 0.112. The average Bonchev–Trinajstić information content (AvgIpc) is 2.33. The maximum atomic E-state index is 10.2. The van der Waals surface area contributed by atoms with Crippen molar-refractivity contribution in [2.45, 2.75) is 0 Å². The Morgan fingerprint density at radius 3 is 2.89 bits per heavy atom. The standard InChI is InChI=1S/C7H6OS/c1-2-7-6(5-8)3-4-9-7/h2-5H,1H2. The molecule has 0 aliphatic carbocycles. The molecule has 1 aromatic heterocycles. The molecule has 0 atom stereocenters. The smallest absolute Gasteiger partial charge is 0.151 e. The van der Waals surface area contributed by atoms with Crippen LogP contribution < -0.4 is 0 Å². The Balaban J connectivity index is 3.12. The minimum Gasteiger partial charge on any atom is -0.298 e. The van der Waals surface area contributed by atoms with E-state index in [1.807, 2.05) is 5.38 Å². The zero-order valence-electron chi connectivity index (χ0n) is 4.83. The molecule has 46 valence electrons. The molecule has 0 amide bonds. The molecule has 0 saturated carbocycles. The molecule has 0 bridgehead atoms. The average molecular weight is 138 g/mol. The van der Waals surface area contributed by atoms with Crippen molar-refractivity contribution in [3.05, 3.63) is 28.5 Å². The lowest BCUT2D eigenvalue weighted by Gasteiger charge is -1.81. The van der Waals surface area contributed by atoms with Gasteiger partial charge in [-0.2, -0.15) is 0 Å².